The third-order valence-electron chi connectivity index (χ3n) is 3.60. The second-order valence-electron chi connectivity index (χ2n) is 5.49. The van der Waals surface area contributed by atoms with Crippen LogP contribution in [0, 0.1) is 5.92 Å². The molecule has 0 amide bonds. The molecule has 6 heteroatoms. The molecular formula is C18H16F3NS2. The van der Waals surface area contributed by atoms with Gasteiger partial charge in [0.15, 0.2) is 0 Å². The van der Waals surface area contributed by atoms with E-state index in [9.17, 15) is 13.2 Å². The van der Waals surface area contributed by atoms with Crippen molar-refractivity contribution >= 4 is 38.9 Å². The number of thioether (sulfide) groups is 1. The van der Waals surface area contributed by atoms with Crippen LogP contribution in [0.3, 0.4) is 0 Å². The Morgan fingerprint density at radius 3 is 2.79 bits per heavy atom. The van der Waals surface area contributed by atoms with Gasteiger partial charge in [0, 0.05) is 10.5 Å². The molecule has 126 valence electrons. The molecule has 0 aliphatic heterocycles. The standard InChI is InChI=1S/C18H16F3NS2/c1-3-23-15-6-4-5-11(2)9-13(15)17-22-14-10-12(18(19,20)21)7-8-16(14)24-17/h4-11H,3H2,1-2H3/t11-/m0/s1. The third-order valence-corrected chi connectivity index (χ3v) is 5.63. The lowest BCUT2D eigenvalue weighted by Gasteiger charge is -2.08. The van der Waals surface area contributed by atoms with Crippen molar-refractivity contribution in [1.29, 1.82) is 0 Å². The van der Waals surface area contributed by atoms with Gasteiger partial charge in [-0.1, -0.05) is 32.1 Å². The molecule has 1 heterocycles. The molecule has 0 fully saturated rings. The van der Waals surface area contributed by atoms with Crippen LogP contribution in [0.4, 0.5) is 13.2 Å². The minimum Gasteiger partial charge on any atom is -0.236 e. The van der Waals surface area contributed by atoms with Crippen LogP contribution in [0.15, 0.2) is 47.4 Å². The van der Waals surface area contributed by atoms with E-state index in [1.54, 1.807) is 11.8 Å². The zero-order valence-corrected chi connectivity index (χ0v) is 14.9. The SMILES string of the molecule is CCSC1=CC=C[C@H](C)C=C1c1nc2cc(C(F)(F)F)ccc2s1. The van der Waals surface area contributed by atoms with Crippen molar-refractivity contribution in [3.05, 3.63) is 58.0 Å². The number of alkyl halides is 3. The number of nitrogens with zero attached hydrogens (tertiary/aromatic N) is 1. The first-order valence-electron chi connectivity index (χ1n) is 7.60. The fraction of sp³-hybridized carbons (Fsp3) is 0.278. The average Bonchev–Trinajstić information content (AvgIpc) is 2.85. The van der Waals surface area contributed by atoms with Crippen molar-refractivity contribution in [2.45, 2.75) is 20.0 Å². The van der Waals surface area contributed by atoms with E-state index in [-0.39, 0.29) is 5.92 Å². The second kappa shape index (κ2) is 6.76. The summed E-state index contributed by atoms with van der Waals surface area (Å²) in [5.41, 5.74) is 0.751. The van der Waals surface area contributed by atoms with Gasteiger partial charge in [0.25, 0.3) is 0 Å². The maximum Gasteiger partial charge on any atom is 0.416 e. The van der Waals surface area contributed by atoms with Gasteiger partial charge < -0.3 is 0 Å². The molecular weight excluding hydrogens is 351 g/mol. The number of allylic oxidation sites excluding steroid dienone is 5. The van der Waals surface area contributed by atoms with E-state index in [4.69, 9.17) is 0 Å². The fourth-order valence-electron chi connectivity index (χ4n) is 2.49. The van der Waals surface area contributed by atoms with Crippen LogP contribution in [0.1, 0.15) is 24.4 Å². The number of benzene rings is 1. The number of rotatable bonds is 3. The number of aromatic nitrogens is 1. The first-order chi connectivity index (χ1) is 11.4. The minimum atomic E-state index is -4.35. The number of fused-ring (bicyclic) bond motifs is 1. The van der Waals surface area contributed by atoms with Gasteiger partial charge in [-0.25, -0.2) is 4.98 Å². The molecule has 0 unspecified atom stereocenters. The molecule has 0 N–H and O–H groups in total. The van der Waals surface area contributed by atoms with Crippen LogP contribution in [0.2, 0.25) is 0 Å². The van der Waals surface area contributed by atoms with E-state index in [0.717, 1.165) is 38.1 Å². The van der Waals surface area contributed by atoms with Crippen LogP contribution in [0.5, 0.6) is 0 Å². The van der Waals surface area contributed by atoms with Crippen molar-refractivity contribution in [2.75, 3.05) is 5.75 Å². The van der Waals surface area contributed by atoms with Crippen LogP contribution in [0.25, 0.3) is 15.8 Å². The Bertz CT molecular complexity index is 844. The Morgan fingerprint density at radius 2 is 2.08 bits per heavy atom. The Balaban J connectivity index is 2.07. The Labute approximate surface area is 147 Å². The maximum absolute atomic E-state index is 12.9. The normalized spacial score (nSPS) is 18.5. The van der Waals surface area contributed by atoms with Crippen molar-refractivity contribution in [3.8, 4) is 0 Å². The van der Waals surface area contributed by atoms with Crippen molar-refractivity contribution in [1.82, 2.24) is 4.98 Å². The molecule has 1 nitrogen and oxygen atoms in total. The highest BCUT2D eigenvalue weighted by Crippen LogP contribution is 2.39. The summed E-state index contributed by atoms with van der Waals surface area (Å²) in [4.78, 5) is 5.59. The Morgan fingerprint density at radius 1 is 1.29 bits per heavy atom. The highest BCUT2D eigenvalue weighted by atomic mass is 32.2. The largest absolute Gasteiger partial charge is 0.416 e. The summed E-state index contributed by atoms with van der Waals surface area (Å²) in [6.45, 7) is 4.16. The predicted molar refractivity (Wildman–Crippen MR) is 97.1 cm³/mol. The molecule has 0 bridgehead atoms. The molecule has 1 atom stereocenters. The molecule has 24 heavy (non-hydrogen) atoms. The zero-order chi connectivity index (χ0) is 17.3. The van der Waals surface area contributed by atoms with Crippen molar-refractivity contribution in [3.63, 3.8) is 0 Å². The highest BCUT2D eigenvalue weighted by molar-refractivity contribution is 8.03. The van der Waals surface area contributed by atoms with E-state index in [2.05, 4.69) is 37.1 Å². The lowest BCUT2D eigenvalue weighted by Crippen LogP contribution is -2.03. The van der Waals surface area contributed by atoms with Gasteiger partial charge in [0.05, 0.1) is 15.8 Å². The fourth-order valence-corrected chi connectivity index (χ4v) is 4.34. The number of halogens is 3. The average molecular weight is 367 g/mol. The molecule has 0 radical (unpaired) electrons. The number of hydrogen-bond donors (Lipinski definition) is 0. The van der Waals surface area contributed by atoms with Gasteiger partial charge in [0.2, 0.25) is 0 Å². The lowest BCUT2D eigenvalue weighted by atomic mass is 10.1. The van der Waals surface area contributed by atoms with Gasteiger partial charge in [0.1, 0.15) is 5.01 Å². The number of hydrogen-bond acceptors (Lipinski definition) is 3. The lowest BCUT2D eigenvalue weighted by molar-refractivity contribution is -0.137. The summed E-state index contributed by atoms with van der Waals surface area (Å²) in [7, 11) is 0. The van der Waals surface area contributed by atoms with E-state index < -0.39 is 11.7 Å². The highest BCUT2D eigenvalue weighted by Gasteiger charge is 2.31. The molecule has 1 aromatic carbocycles. The summed E-state index contributed by atoms with van der Waals surface area (Å²) in [5.74, 6) is 1.18. The Kier molecular flexibility index (Phi) is 4.88. The van der Waals surface area contributed by atoms with Crippen molar-refractivity contribution in [2.24, 2.45) is 5.92 Å². The Hall–Kier alpha value is -1.53. The van der Waals surface area contributed by atoms with Gasteiger partial charge in [-0.2, -0.15) is 13.2 Å². The summed E-state index contributed by atoms with van der Waals surface area (Å²) in [6.07, 6.45) is 3.96. The maximum atomic E-state index is 12.9. The zero-order valence-electron chi connectivity index (χ0n) is 13.2. The first-order valence-corrected chi connectivity index (χ1v) is 9.40. The van der Waals surface area contributed by atoms with Gasteiger partial charge in [-0.05, 0) is 35.9 Å². The van der Waals surface area contributed by atoms with Crippen LogP contribution >= 0.6 is 23.1 Å². The topological polar surface area (TPSA) is 12.9 Å². The summed E-state index contributed by atoms with van der Waals surface area (Å²) < 4.78 is 39.4. The van der Waals surface area contributed by atoms with E-state index in [1.807, 2.05) is 6.08 Å². The minimum absolute atomic E-state index is 0.254. The van der Waals surface area contributed by atoms with E-state index >= 15 is 0 Å². The van der Waals surface area contributed by atoms with Gasteiger partial charge >= 0.3 is 6.18 Å². The summed E-state index contributed by atoms with van der Waals surface area (Å²) in [6, 6.07) is 3.76. The molecule has 0 saturated heterocycles. The smallest absolute Gasteiger partial charge is 0.236 e. The number of thiazole rings is 1. The van der Waals surface area contributed by atoms with E-state index in [1.165, 1.54) is 17.4 Å². The van der Waals surface area contributed by atoms with Crippen LogP contribution in [-0.2, 0) is 6.18 Å². The molecule has 1 aromatic heterocycles. The second-order valence-corrected chi connectivity index (χ2v) is 7.82. The van der Waals surface area contributed by atoms with Crippen LogP contribution in [-0.4, -0.2) is 10.7 Å². The molecule has 1 aliphatic carbocycles. The summed E-state index contributed by atoms with van der Waals surface area (Å²) in [5, 5.41) is 0.770. The molecule has 3 rings (SSSR count). The monoisotopic (exact) mass is 367 g/mol. The molecule has 2 aromatic rings. The molecule has 1 aliphatic rings. The predicted octanol–water partition coefficient (Wildman–Crippen LogP) is 6.54. The van der Waals surface area contributed by atoms with Gasteiger partial charge in [-0.3, -0.25) is 0 Å². The van der Waals surface area contributed by atoms with E-state index in [0.29, 0.717) is 5.52 Å². The quantitative estimate of drug-likeness (QED) is 0.611. The van der Waals surface area contributed by atoms with Gasteiger partial charge in [-0.15, -0.1) is 23.1 Å². The first kappa shape index (κ1) is 17.3. The van der Waals surface area contributed by atoms with Crippen LogP contribution < -0.4 is 0 Å². The molecule has 0 spiro atoms. The molecule has 0 saturated carbocycles. The third kappa shape index (κ3) is 3.59. The summed E-state index contributed by atoms with van der Waals surface area (Å²) >= 11 is 3.15. The van der Waals surface area contributed by atoms with Crippen molar-refractivity contribution < 1.29 is 13.2 Å².